The summed E-state index contributed by atoms with van der Waals surface area (Å²) in [6.07, 6.45) is 1.16. The molecule has 22 heavy (non-hydrogen) atoms. The second-order valence-electron chi connectivity index (χ2n) is 5.13. The third-order valence-corrected chi connectivity index (χ3v) is 3.75. The van der Waals surface area contributed by atoms with E-state index in [2.05, 4.69) is 15.3 Å². The Morgan fingerprint density at radius 3 is 3.14 bits per heavy atom. The number of nitrogens with one attached hydrogen (secondary N) is 1. The van der Waals surface area contributed by atoms with E-state index in [1.807, 2.05) is 6.07 Å². The van der Waals surface area contributed by atoms with Gasteiger partial charge < -0.3 is 20.1 Å². The molecule has 2 heterocycles. The molecule has 2 N–H and O–H groups in total. The summed E-state index contributed by atoms with van der Waals surface area (Å²) in [6.45, 7) is 1.29. The minimum atomic E-state index is -0.309. The number of aromatic nitrogens is 2. The van der Waals surface area contributed by atoms with Crippen molar-refractivity contribution in [1.82, 2.24) is 14.9 Å². The predicted octanol–water partition coefficient (Wildman–Crippen LogP) is 0.505. The summed E-state index contributed by atoms with van der Waals surface area (Å²) in [5.74, 6) is 0.656. The molecule has 0 spiro atoms. The normalized spacial score (nSPS) is 18.5. The number of amides is 1. The van der Waals surface area contributed by atoms with E-state index < -0.39 is 0 Å². The monoisotopic (exact) mass is 302 g/mol. The first-order chi connectivity index (χ1) is 10.7. The van der Waals surface area contributed by atoms with Gasteiger partial charge in [-0.15, -0.1) is 0 Å². The predicted molar refractivity (Wildman–Crippen MR) is 81.8 cm³/mol. The Balaban J connectivity index is 1.88. The molecule has 1 atom stereocenters. The molecular formula is C15H18N4O3. The highest BCUT2D eigenvalue weighted by Gasteiger charge is 2.24. The van der Waals surface area contributed by atoms with E-state index in [0.717, 1.165) is 16.7 Å². The summed E-state index contributed by atoms with van der Waals surface area (Å²) in [5.41, 5.74) is 1.30. The van der Waals surface area contributed by atoms with Crippen molar-refractivity contribution in [3.63, 3.8) is 0 Å². The van der Waals surface area contributed by atoms with Crippen LogP contribution in [0.2, 0.25) is 0 Å². The van der Waals surface area contributed by atoms with Crippen molar-refractivity contribution in [2.45, 2.75) is 6.10 Å². The highest BCUT2D eigenvalue weighted by molar-refractivity contribution is 5.99. The maximum absolute atomic E-state index is 12.6. The summed E-state index contributed by atoms with van der Waals surface area (Å²) in [6, 6.07) is 5.39. The molecule has 1 saturated heterocycles. The van der Waals surface area contributed by atoms with Crippen molar-refractivity contribution >= 4 is 22.6 Å². The zero-order valence-corrected chi connectivity index (χ0v) is 12.3. The second-order valence-corrected chi connectivity index (χ2v) is 5.13. The van der Waals surface area contributed by atoms with Gasteiger partial charge in [-0.1, -0.05) is 0 Å². The minimum absolute atomic E-state index is 0.0757. The largest absolute Gasteiger partial charge is 0.394 e. The molecule has 1 aromatic carbocycles. The number of ether oxygens (including phenoxy) is 1. The van der Waals surface area contributed by atoms with E-state index in [1.54, 1.807) is 24.1 Å². The summed E-state index contributed by atoms with van der Waals surface area (Å²) in [4.78, 5) is 22.7. The number of hydrogen-bond donors (Lipinski definition) is 2. The number of rotatable bonds is 3. The number of carbonyl (C=O) groups excluding carboxylic acids is 1. The van der Waals surface area contributed by atoms with Gasteiger partial charge in [0.25, 0.3) is 5.91 Å². The van der Waals surface area contributed by atoms with Crippen LogP contribution < -0.4 is 5.32 Å². The first-order valence-electron chi connectivity index (χ1n) is 7.17. The van der Waals surface area contributed by atoms with Gasteiger partial charge in [0.2, 0.25) is 0 Å². The first-order valence-corrected chi connectivity index (χ1v) is 7.17. The van der Waals surface area contributed by atoms with Crippen LogP contribution in [0, 0.1) is 0 Å². The molecular weight excluding hydrogens is 284 g/mol. The Hall–Kier alpha value is -2.25. The van der Waals surface area contributed by atoms with Crippen molar-refractivity contribution in [2.24, 2.45) is 0 Å². The molecule has 0 bridgehead atoms. The molecule has 1 unspecified atom stereocenters. The van der Waals surface area contributed by atoms with Crippen LogP contribution in [0.1, 0.15) is 10.4 Å². The number of carbonyl (C=O) groups is 1. The molecule has 7 nitrogen and oxygen atoms in total. The number of hydrogen-bond acceptors (Lipinski definition) is 6. The zero-order chi connectivity index (χ0) is 15.5. The van der Waals surface area contributed by atoms with E-state index in [4.69, 9.17) is 4.74 Å². The standard InChI is InChI=1S/C15H18N4O3/c1-16-14-12-3-2-10(6-13(12)17-9-18-14)15(21)19-4-5-22-11(7-19)8-20/h2-3,6,9,11,20H,4-5,7-8H2,1H3,(H,16,17,18). The zero-order valence-electron chi connectivity index (χ0n) is 12.3. The van der Waals surface area contributed by atoms with Gasteiger partial charge in [-0.2, -0.15) is 0 Å². The summed E-state index contributed by atoms with van der Waals surface area (Å²) in [7, 11) is 1.80. The molecule has 0 radical (unpaired) electrons. The Morgan fingerprint density at radius 2 is 2.36 bits per heavy atom. The third-order valence-electron chi connectivity index (χ3n) is 3.75. The molecule has 116 valence electrons. The van der Waals surface area contributed by atoms with Crippen LogP contribution in [0.25, 0.3) is 10.9 Å². The number of anilines is 1. The van der Waals surface area contributed by atoms with Crippen molar-refractivity contribution in [1.29, 1.82) is 0 Å². The van der Waals surface area contributed by atoms with Gasteiger partial charge in [0, 0.05) is 31.1 Å². The fraction of sp³-hybridized carbons (Fsp3) is 0.400. The lowest BCUT2D eigenvalue weighted by Crippen LogP contribution is -2.46. The first kappa shape index (κ1) is 14.7. The van der Waals surface area contributed by atoms with Gasteiger partial charge in [0.15, 0.2) is 0 Å². The van der Waals surface area contributed by atoms with Crippen LogP contribution in [0.3, 0.4) is 0 Å². The van der Waals surface area contributed by atoms with E-state index >= 15 is 0 Å². The maximum atomic E-state index is 12.6. The van der Waals surface area contributed by atoms with Gasteiger partial charge in [0.1, 0.15) is 12.1 Å². The molecule has 1 amide bonds. The van der Waals surface area contributed by atoms with Crippen molar-refractivity contribution in [3.8, 4) is 0 Å². The maximum Gasteiger partial charge on any atom is 0.254 e. The number of aliphatic hydroxyl groups is 1. The van der Waals surface area contributed by atoms with Crippen LogP contribution in [0.5, 0.6) is 0 Å². The highest BCUT2D eigenvalue weighted by Crippen LogP contribution is 2.21. The lowest BCUT2D eigenvalue weighted by atomic mass is 10.1. The number of nitrogens with zero attached hydrogens (tertiary/aromatic N) is 3. The Morgan fingerprint density at radius 1 is 1.50 bits per heavy atom. The van der Waals surface area contributed by atoms with Crippen molar-refractivity contribution in [3.05, 3.63) is 30.1 Å². The summed E-state index contributed by atoms with van der Waals surface area (Å²) >= 11 is 0. The van der Waals surface area contributed by atoms with Gasteiger partial charge in [-0.25, -0.2) is 9.97 Å². The fourth-order valence-electron chi connectivity index (χ4n) is 2.59. The smallest absolute Gasteiger partial charge is 0.254 e. The Labute approximate surface area is 127 Å². The van der Waals surface area contributed by atoms with Crippen molar-refractivity contribution in [2.75, 3.05) is 38.7 Å². The quantitative estimate of drug-likeness (QED) is 0.859. The van der Waals surface area contributed by atoms with Crippen LogP contribution in [0.15, 0.2) is 24.5 Å². The van der Waals surface area contributed by atoms with Crippen LogP contribution >= 0.6 is 0 Å². The molecule has 2 aromatic rings. The van der Waals surface area contributed by atoms with E-state index in [9.17, 15) is 9.90 Å². The number of aliphatic hydroxyl groups excluding tert-OH is 1. The van der Waals surface area contributed by atoms with E-state index in [0.29, 0.717) is 25.3 Å². The van der Waals surface area contributed by atoms with E-state index in [1.165, 1.54) is 6.33 Å². The minimum Gasteiger partial charge on any atom is -0.394 e. The number of benzene rings is 1. The average Bonchev–Trinajstić information content (AvgIpc) is 2.60. The lowest BCUT2D eigenvalue weighted by molar-refractivity contribution is -0.0447. The topological polar surface area (TPSA) is 87.6 Å². The molecule has 3 rings (SSSR count). The molecule has 0 saturated carbocycles. The Bertz CT molecular complexity index is 692. The Kier molecular flexibility index (Phi) is 4.17. The molecule has 1 aliphatic heterocycles. The van der Waals surface area contributed by atoms with Gasteiger partial charge >= 0.3 is 0 Å². The second kappa shape index (κ2) is 6.25. The van der Waals surface area contributed by atoms with Crippen LogP contribution in [-0.4, -0.2) is 65.3 Å². The van der Waals surface area contributed by atoms with Gasteiger partial charge in [0.05, 0.1) is 24.8 Å². The van der Waals surface area contributed by atoms with Gasteiger partial charge in [-0.3, -0.25) is 4.79 Å². The molecule has 1 aromatic heterocycles. The lowest BCUT2D eigenvalue weighted by Gasteiger charge is -2.32. The van der Waals surface area contributed by atoms with Gasteiger partial charge in [-0.05, 0) is 18.2 Å². The average molecular weight is 302 g/mol. The molecule has 1 fully saturated rings. The summed E-state index contributed by atoms with van der Waals surface area (Å²) in [5, 5.41) is 13.0. The molecule has 0 aliphatic carbocycles. The molecule has 1 aliphatic rings. The number of morpholine rings is 1. The molecule has 7 heteroatoms. The van der Waals surface area contributed by atoms with E-state index in [-0.39, 0.29) is 18.6 Å². The van der Waals surface area contributed by atoms with Crippen LogP contribution in [-0.2, 0) is 4.74 Å². The summed E-state index contributed by atoms with van der Waals surface area (Å²) < 4.78 is 5.37. The fourth-order valence-corrected chi connectivity index (χ4v) is 2.59. The highest BCUT2D eigenvalue weighted by atomic mass is 16.5. The third kappa shape index (κ3) is 2.72. The number of fused-ring (bicyclic) bond motifs is 1. The SMILES string of the molecule is CNc1ncnc2cc(C(=O)N3CCOC(CO)C3)ccc12. The van der Waals surface area contributed by atoms with Crippen LogP contribution in [0.4, 0.5) is 5.82 Å². The van der Waals surface area contributed by atoms with Crippen molar-refractivity contribution < 1.29 is 14.6 Å².